The van der Waals surface area contributed by atoms with Gasteiger partial charge in [0.15, 0.2) is 0 Å². The maximum absolute atomic E-state index is 12.2. The number of amides is 1. The highest BCUT2D eigenvalue weighted by molar-refractivity contribution is 5.85. The summed E-state index contributed by atoms with van der Waals surface area (Å²) in [5, 5.41) is 14.0. The summed E-state index contributed by atoms with van der Waals surface area (Å²) in [7, 11) is 0. The molecule has 20 heavy (non-hydrogen) atoms. The van der Waals surface area contributed by atoms with Gasteiger partial charge in [0, 0.05) is 17.8 Å². The summed E-state index contributed by atoms with van der Waals surface area (Å²) in [6.07, 6.45) is 2.38. The molecule has 0 spiro atoms. The van der Waals surface area contributed by atoms with Crippen molar-refractivity contribution < 1.29 is 19.1 Å². The number of rotatable bonds is 4. The minimum Gasteiger partial charge on any atom is -0.550 e. The predicted octanol–water partition coefficient (Wildman–Crippen LogP) is 1.01. The first-order chi connectivity index (χ1) is 9.49. The van der Waals surface area contributed by atoms with Gasteiger partial charge in [-0.15, -0.1) is 0 Å². The van der Waals surface area contributed by atoms with Crippen LogP contribution in [0.2, 0.25) is 0 Å². The van der Waals surface area contributed by atoms with Crippen LogP contribution in [0.15, 0.2) is 34.0 Å². The van der Waals surface area contributed by atoms with Gasteiger partial charge < -0.3 is 19.6 Å². The van der Waals surface area contributed by atoms with Crippen LogP contribution in [-0.2, 0) is 16.1 Å². The maximum Gasteiger partial charge on any atom is 0.224 e. The number of carboxylic acid groups (broad SMARTS) is 1. The SMILES string of the molecule is CC1=C(C)C[C@@H](C(=O)NCc2ccco2)[C@@H](C(=O)[O-])C1. The normalized spacial score (nSPS) is 22.7. The third kappa shape index (κ3) is 3.10. The van der Waals surface area contributed by atoms with E-state index < -0.39 is 17.8 Å². The summed E-state index contributed by atoms with van der Waals surface area (Å²) in [6.45, 7) is 4.11. The number of carbonyl (C=O) groups is 2. The molecule has 2 atom stereocenters. The minimum atomic E-state index is -1.16. The number of nitrogens with one attached hydrogen (secondary N) is 1. The standard InChI is InChI=1S/C15H19NO4/c1-9-6-12(13(15(18)19)7-10(9)2)14(17)16-8-11-4-3-5-20-11/h3-5,12-13H,6-8H2,1-2H3,(H,16,17)(H,18,19)/p-1/t12-,13+/m1/s1. The van der Waals surface area contributed by atoms with Crippen molar-refractivity contribution in [1.82, 2.24) is 5.32 Å². The van der Waals surface area contributed by atoms with E-state index >= 15 is 0 Å². The Balaban J connectivity index is 2.04. The van der Waals surface area contributed by atoms with Gasteiger partial charge in [0.1, 0.15) is 5.76 Å². The van der Waals surface area contributed by atoms with Crippen LogP contribution >= 0.6 is 0 Å². The monoisotopic (exact) mass is 276 g/mol. The molecular weight excluding hydrogens is 258 g/mol. The van der Waals surface area contributed by atoms with E-state index in [1.54, 1.807) is 12.1 Å². The quantitative estimate of drug-likeness (QED) is 0.832. The highest BCUT2D eigenvalue weighted by Crippen LogP contribution is 2.33. The van der Waals surface area contributed by atoms with Crippen LogP contribution in [0.25, 0.3) is 0 Å². The smallest absolute Gasteiger partial charge is 0.224 e. The zero-order chi connectivity index (χ0) is 14.7. The summed E-state index contributed by atoms with van der Waals surface area (Å²) in [4.78, 5) is 23.4. The molecule has 1 aromatic heterocycles. The van der Waals surface area contributed by atoms with Crippen molar-refractivity contribution in [3.05, 3.63) is 35.3 Å². The lowest BCUT2D eigenvalue weighted by Gasteiger charge is -2.32. The van der Waals surface area contributed by atoms with E-state index in [4.69, 9.17) is 4.42 Å². The zero-order valence-corrected chi connectivity index (χ0v) is 11.6. The van der Waals surface area contributed by atoms with Crippen LogP contribution in [0, 0.1) is 11.8 Å². The third-order valence-electron chi connectivity index (χ3n) is 3.92. The van der Waals surface area contributed by atoms with Crippen LogP contribution in [0.1, 0.15) is 32.4 Å². The second kappa shape index (κ2) is 5.94. The van der Waals surface area contributed by atoms with Gasteiger partial charge in [-0.05, 0) is 38.8 Å². The molecule has 1 aliphatic rings. The van der Waals surface area contributed by atoms with Gasteiger partial charge in [-0.25, -0.2) is 0 Å². The number of aliphatic carboxylic acids is 1. The Morgan fingerprint density at radius 1 is 1.30 bits per heavy atom. The molecule has 0 bridgehead atoms. The molecule has 1 amide bonds. The Bertz CT molecular complexity index is 530. The second-order valence-electron chi connectivity index (χ2n) is 5.30. The van der Waals surface area contributed by atoms with Gasteiger partial charge in [0.25, 0.3) is 0 Å². The minimum absolute atomic E-state index is 0.262. The van der Waals surface area contributed by atoms with Crippen molar-refractivity contribution in [3.63, 3.8) is 0 Å². The van der Waals surface area contributed by atoms with Gasteiger partial charge in [0.05, 0.1) is 12.8 Å². The molecule has 1 N–H and O–H groups in total. The third-order valence-corrected chi connectivity index (χ3v) is 3.92. The van der Waals surface area contributed by atoms with Crippen LogP contribution in [0.3, 0.4) is 0 Å². The number of hydrogen-bond donors (Lipinski definition) is 1. The first-order valence-electron chi connectivity index (χ1n) is 6.65. The number of furan rings is 1. The first-order valence-corrected chi connectivity index (χ1v) is 6.65. The zero-order valence-electron chi connectivity index (χ0n) is 11.6. The van der Waals surface area contributed by atoms with Crippen molar-refractivity contribution in [1.29, 1.82) is 0 Å². The highest BCUT2D eigenvalue weighted by atomic mass is 16.4. The average Bonchev–Trinajstić information content (AvgIpc) is 2.91. The van der Waals surface area contributed by atoms with Gasteiger partial charge in [0.2, 0.25) is 5.91 Å². The van der Waals surface area contributed by atoms with E-state index in [2.05, 4.69) is 5.32 Å². The summed E-state index contributed by atoms with van der Waals surface area (Å²) in [6, 6.07) is 3.50. The van der Waals surface area contributed by atoms with Crippen molar-refractivity contribution in [2.75, 3.05) is 0 Å². The van der Waals surface area contributed by atoms with Gasteiger partial charge in [-0.3, -0.25) is 4.79 Å². The molecule has 0 aromatic carbocycles. The molecule has 2 rings (SSSR count). The van der Waals surface area contributed by atoms with Gasteiger partial charge in [-0.1, -0.05) is 11.1 Å². The predicted molar refractivity (Wildman–Crippen MR) is 70.1 cm³/mol. The summed E-state index contributed by atoms with van der Waals surface area (Å²) < 4.78 is 5.13. The van der Waals surface area contributed by atoms with Gasteiger partial charge >= 0.3 is 0 Å². The van der Waals surface area contributed by atoms with E-state index in [9.17, 15) is 14.7 Å². The van der Waals surface area contributed by atoms with Crippen molar-refractivity contribution >= 4 is 11.9 Å². The van der Waals surface area contributed by atoms with Crippen LogP contribution < -0.4 is 10.4 Å². The van der Waals surface area contributed by atoms with E-state index in [0.29, 0.717) is 18.6 Å². The van der Waals surface area contributed by atoms with Crippen molar-refractivity contribution in [2.24, 2.45) is 11.8 Å². The Labute approximate surface area is 117 Å². The molecule has 0 fully saturated rings. The fourth-order valence-electron chi connectivity index (χ4n) is 2.53. The van der Waals surface area contributed by atoms with E-state index in [0.717, 1.165) is 11.1 Å². The van der Waals surface area contributed by atoms with E-state index in [-0.39, 0.29) is 12.5 Å². The molecule has 0 aliphatic heterocycles. The molecule has 5 nitrogen and oxygen atoms in total. The molecule has 1 aliphatic carbocycles. The van der Waals surface area contributed by atoms with Crippen molar-refractivity contribution in [2.45, 2.75) is 33.2 Å². The Morgan fingerprint density at radius 3 is 2.50 bits per heavy atom. The largest absolute Gasteiger partial charge is 0.550 e. The molecule has 5 heteroatoms. The summed E-state index contributed by atoms with van der Waals surface area (Å²) in [5.74, 6) is -2.10. The highest BCUT2D eigenvalue weighted by Gasteiger charge is 2.33. The Hall–Kier alpha value is -2.04. The van der Waals surface area contributed by atoms with Gasteiger partial charge in [-0.2, -0.15) is 0 Å². The lowest BCUT2D eigenvalue weighted by Crippen LogP contribution is -2.44. The lowest BCUT2D eigenvalue weighted by atomic mass is 9.76. The Morgan fingerprint density at radius 2 is 1.95 bits per heavy atom. The molecule has 0 saturated heterocycles. The summed E-state index contributed by atoms with van der Waals surface area (Å²) >= 11 is 0. The van der Waals surface area contributed by atoms with Crippen LogP contribution in [0.4, 0.5) is 0 Å². The first kappa shape index (κ1) is 14.4. The molecule has 1 aromatic rings. The topological polar surface area (TPSA) is 82.4 Å². The molecule has 0 radical (unpaired) electrons. The average molecular weight is 276 g/mol. The fraction of sp³-hybridized carbons (Fsp3) is 0.467. The van der Waals surface area contributed by atoms with E-state index in [1.807, 2.05) is 13.8 Å². The second-order valence-corrected chi connectivity index (χ2v) is 5.30. The maximum atomic E-state index is 12.2. The molecule has 0 saturated carbocycles. The van der Waals surface area contributed by atoms with Crippen LogP contribution in [0.5, 0.6) is 0 Å². The number of allylic oxidation sites excluding steroid dienone is 2. The fourth-order valence-corrected chi connectivity index (χ4v) is 2.53. The molecule has 1 heterocycles. The molecule has 108 valence electrons. The number of carbonyl (C=O) groups excluding carboxylic acids is 2. The Kier molecular flexibility index (Phi) is 4.27. The molecule has 0 unspecified atom stereocenters. The number of carboxylic acids is 1. The summed E-state index contributed by atoms with van der Waals surface area (Å²) in [5.41, 5.74) is 2.12. The lowest BCUT2D eigenvalue weighted by molar-refractivity contribution is -0.313. The van der Waals surface area contributed by atoms with Crippen LogP contribution in [-0.4, -0.2) is 11.9 Å². The van der Waals surface area contributed by atoms with Crippen molar-refractivity contribution in [3.8, 4) is 0 Å². The van der Waals surface area contributed by atoms with E-state index in [1.165, 1.54) is 6.26 Å². The molecular formula is C15H18NO4-. The number of hydrogen-bond acceptors (Lipinski definition) is 4.